The topological polar surface area (TPSA) is 123 Å². The molecule has 0 aromatic heterocycles. The van der Waals surface area contributed by atoms with Crippen LogP contribution < -0.4 is 20.1 Å². The molecule has 0 aliphatic carbocycles. The minimum atomic E-state index is -1.08. The zero-order valence-corrected chi connectivity index (χ0v) is 21.1. The fourth-order valence-electron chi connectivity index (χ4n) is 3.91. The molecule has 2 aromatic carbocycles. The van der Waals surface area contributed by atoms with Crippen molar-refractivity contribution in [2.24, 2.45) is 0 Å². The highest BCUT2D eigenvalue weighted by atomic mass is 16.5. The highest BCUT2D eigenvalue weighted by molar-refractivity contribution is 6.03. The van der Waals surface area contributed by atoms with E-state index in [1.54, 1.807) is 18.2 Å². The molecule has 0 radical (unpaired) electrons. The van der Waals surface area contributed by atoms with Crippen molar-refractivity contribution in [1.82, 2.24) is 15.5 Å². The van der Waals surface area contributed by atoms with Crippen LogP contribution in [-0.2, 0) is 30.3 Å². The fraction of sp³-hybridized carbons (Fsp3) is 0.333. The molecule has 1 saturated heterocycles. The molecule has 0 spiro atoms. The maximum atomic E-state index is 13.5. The van der Waals surface area contributed by atoms with Crippen LogP contribution >= 0.6 is 0 Å². The molecule has 1 atom stereocenters. The van der Waals surface area contributed by atoms with Gasteiger partial charge in [-0.2, -0.15) is 0 Å². The summed E-state index contributed by atoms with van der Waals surface area (Å²) in [4.78, 5) is 51.9. The minimum absolute atomic E-state index is 0.0446. The number of nitrogens with zero attached hydrogens (tertiary/aromatic N) is 1. The van der Waals surface area contributed by atoms with E-state index in [0.29, 0.717) is 23.5 Å². The normalized spacial score (nSPS) is 15.4. The molecule has 1 heterocycles. The molecule has 2 aromatic rings. The van der Waals surface area contributed by atoms with Crippen molar-refractivity contribution in [1.29, 1.82) is 0 Å². The molecule has 1 unspecified atom stereocenters. The number of methoxy groups -OCH3 is 2. The van der Waals surface area contributed by atoms with Crippen LogP contribution in [0.3, 0.4) is 0 Å². The smallest absolute Gasteiger partial charge is 0.308 e. The van der Waals surface area contributed by atoms with Crippen LogP contribution in [0.1, 0.15) is 24.5 Å². The molecule has 1 aliphatic rings. The van der Waals surface area contributed by atoms with Gasteiger partial charge in [-0.25, -0.2) is 0 Å². The number of esters is 1. The minimum Gasteiger partial charge on any atom is -0.493 e. The second-order valence-corrected chi connectivity index (χ2v) is 8.32. The average Bonchev–Trinajstić information content (AvgIpc) is 2.89. The first-order chi connectivity index (χ1) is 17.8. The Bertz CT molecular complexity index is 1160. The summed E-state index contributed by atoms with van der Waals surface area (Å²) >= 11 is 0. The second kappa shape index (κ2) is 13.1. The largest absolute Gasteiger partial charge is 0.493 e. The number of carbonyl (C=O) groups is 4. The molecule has 0 bridgehead atoms. The van der Waals surface area contributed by atoms with Crippen LogP contribution in [0.15, 0.2) is 54.2 Å². The van der Waals surface area contributed by atoms with Gasteiger partial charge in [0.15, 0.2) is 11.5 Å². The lowest BCUT2D eigenvalue weighted by Crippen LogP contribution is -2.58. The molecule has 10 heteroatoms. The molecule has 2 N–H and O–H groups in total. The van der Waals surface area contributed by atoms with E-state index in [2.05, 4.69) is 10.6 Å². The van der Waals surface area contributed by atoms with Gasteiger partial charge in [0.2, 0.25) is 11.8 Å². The van der Waals surface area contributed by atoms with Gasteiger partial charge < -0.3 is 29.7 Å². The predicted molar refractivity (Wildman–Crippen MR) is 136 cm³/mol. The lowest BCUT2D eigenvalue weighted by atomic mass is 10.1. The van der Waals surface area contributed by atoms with Gasteiger partial charge in [-0.05, 0) is 29.3 Å². The molecule has 1 fully saturated rings. The van der Waals surface area contributed by atoms with Gasteiger partial charge >= 0.3 is 5.97 Å². The molecule has 3 amide bonds. The van der Waals surface area contributed by atoms with Crippen molar-refractivity contribution >= 4 is 29.8 Å². The zero-order chi connectivity index (χ0) is 26.8. The van der Waals surface area contributed by atoms with Crippen molar-refractivity contribution in [2.75, 3.05) is 33.9 Å². The molecule has 3 rings (SSSR count). The third-order valence-corrected chi connectivity index (χ3v) is 5.71. The van der Waals surface area contributed by atoms with E-state index < -0.39 is 29.7 Å². The maximum Gasteiger partial charge on any atom is 0.308 e. The van der Waals surface area contributed by atoms with E-state index in [9.17, 15) is 19.2 Å². The lowest BCUT2D eigenvalue weighted by molar-refractivity contribution is -0.151. The van der Waals surface area contributed by atoms with Crippen LogP contribution in [0.5, 0.6) is 11.5 Å². The monoisotopic (exact) mass is 509 g/mol. The first-order valence-corrected chi connectivity index (χ1v) is 11.8. The number of amides is 3. The summed E-state index contributed by atoms with van der Waals surface area (Å²) in [7, 11) is 2.99. The van der Waals surface area contributed by atoms with Crippen molar-refractivity contribution in [2.45, 2.75) is 25.8 Å². The number of hydrogen-bond acceptors (Lipinski definition) is 7. The maximum absolute atomic E-state index is 13.5. The Hall–Kier alpha value is -4.34. The van der Waals surface area contributed by atoms with Gasteiger partial charge in [0.05, 0.1) is 27.2 Å². The molecular formula is C27H31N3O7. The van der Waals surface area contributed by atoms with Crippen LogP contribution in [0.25, 0.3) is 6.08 Å². The predicted octanol–water partition coefficient (Wildman–Crippen LogP) is 1.68. The number of piperazine rings is 1. The highest BCUT2D eigenvalue weighted by Crippen LogP contribution is 2.28. The standard InChI is InChI=1S/C27H31N3O7/c1-18(31)29-21(15-20-9-10-23(35-2)24(16-20)36-3)27(34)30-13-12-28-26(33)22(30)17-25(32)37-14-11-19-7-5-4-6-8-19/h4-10,15-16,22H,11-14,17H2,1-3H3,(H,28,33)(H,29,31). The lowest BCUT2D eigenvalue weighted by Gasteiger charge is -2.35. The summed E-state index contributed by atoms with van der Waals surface area (Å²) in [5.74, 6) is -1.17. The Balaban J connectivity index is 1.76. The summed E-state index contributed by atoms with van der Waals surface area (Å²) in [6.07, 6.45) is 1.70. The van der Waals surface area contributed by atoms with E-state index in [1.807, 2.05) is 30.3 Å². The van der Waals surface area contributed by atoms with Crippen LogP contribution in [0.4, 0.5) is 0 Å². The Kier molecular flexibility index (Phi) is 9.65. The first kappa shape index (κ1) is 27.3. The van der Waals surface area contributed by atoms with E-state index in [4.69, 9.17) is 14.2 Å². The quantitative estimate of drug-likeness (QED) is 0.369. The Morgan fingerprint density at radius 1 is 1.08 bits per heavy atom. The molecule has 0 saturated carbocycles. The van der Waals surface area contributed by atoms with Gasteiger partial charge in [-0.3, -0.25) is 19.2 Å². The average molecular weight is 510 g/mol. The molecule has 1 aliphatic heterocycles. The number of carbonyl (C=O) groups excluding carboxylic acids is 4. The van der Waals surface area contributed by atoms with Crippen molar-refractivity contribution < 1.29 is 33.4 Å². The van der Waals surface area contributed by atoms with E-state index in [0.717, 1.165) is 5.56 Å². The first-order valence-electron chi connectivity index (χ1n) is 11.8. The SMILES string of the molecule is COc1ccc(C=C(NC(C)=O)C(=O)N2CCNC(=O)C2CC(=O)OCCc2ccccc2)cc1OC. The van der Waals surface area contributed by atoms with Gasteiger partial charge in [0.25, 0.3) is 5.91 Å². The summed E-state index contributed by atoms with van der Waals surface area (Å²) in [6, 6.07) is 13.5. The van der Waals surface area contributed by atoms with Crippen molar-refractivity contribution in [3.63, 3.8) is 0 Å². The summed E-state index contributed by atoms with van der Waals surface area (Å²) in [6.45, 7) is 1.81. The summed E-state index contributed by atoms with van der Waals surface area (Å²) in [5.41, 5.74) is 1.53. The van der Waals surface area contributed by atoms with E-state index in [1.165, 1.54) is 32.1 Å². The third kappa shape index (κ3) is 7.57. The number of rotatable bonds is 10. The van der Waals surface area contributed by atoms with E-state index in [-0.39, 0.29) is 31.8 Å². The Morgan fingerprint density at radius 2 is 1.81 bits per heavy atom. The Morgan fingerprint density at radius 3 is 2.49 bits per heavy atom. The number of nitrogens with one attached hydrogen (secondary N) is 2. The third-order valence-electron chi connectivity index (χ3n) is 5.71. The van der Waals surface area contributed by atoms with Crippen LogP contribution in [0.2, 0.25) is 0 Å². The zero-order valence-electron chi connectivity index (χ0n) is 21.1. The van der Waals surface area contributed by atoms with Crippen LogP contribution in [-0.4, -0.2) is 68.5 Å². The van der Waals surface area contributed by atoms with Gasteiger partial charge in [0, 0.05) is 26.4 Å². The molecule has 10 nitrogen and oxygen atoms in total. The van der Waals surface area contributed by atoms with Gasteiger partial charge in [-0.1, -0.05) is 36.4 Å². The van der Waals surface area contributed by atoms with Crippen molar-refractivity contribution in [3.8, 4) is 11.5 Å². The van der Waals surface area contributed by atoms with E-state index >= 15 is 0 Å². The van der Waals surface area contributed by atoms with Crippen molar-refractivity contribution in [3.05, 3.63) is 65.4 Å². The number of ether oxygens (including phenoxy) is 3. The van der Waals surface area contributed by atoms with Gasteiger partial charge in [0.1, 0.15) is 11.7 Å². The summed E-state index contributed by atoms with van der Waals surface area (Å²) in [5, 5.41) is 5.23. The van der Waals surface area contributed by atoms with Gasteiger partial charge in [-0.15, -0.1) is 0 Å². The molecular weight excluding hydrogens is 478 g/mol. The second-order valence-electron chi connectivity index (χ2n) is 8.32. The number of hydrogen-bond donors (Lipinski definition) is 2. The van der Waals surface area contributed by atoms with Crippen LogP contribution in [0, 0.1) is 0 Å². The summed E-state index contributed by atoms with van der Waals surface area (Å²) < 4.78 is 15.9. The fourth-order valence-corrected chi connectivity index (χ4v) is 3.91. The molecule has 196 valence electrons. The highest BCUT2D eigenvalue weighted by Gasteiger charge is 2.36. The number of benzene rings is 2. The Labute approximate surface area is 215 Å². The molecule has 37 heavy (non-hydrogen) atoms.